The van der Waals surface area contributed by atoms with Crippen molar-refractivity contribution >= 4 is 39.0 Å². The standard InChI is InChI=1S/C27H18N4O2/c28-17-23(27(33)29-19-10-3-1-4-11-19)26(32)24-22-16-15-18-9-7-8-14-21(18)25(22)31(30-24)20-12-5-2-6-13-20/h1-16,32H,(H,29,33)/b26-23-. The fourth-order valence-corrected chi connectivity index (χ4v) is 3.85. The number of anilines is 1. The van der Waals surface area contributed by atoms with Gasteiger partial charge in [0.1, 0.15) is 11.8 Å². The molecule has 2 N–H and O–H groups in total. The third-order valence-electron chi connectivity index (χ3n) is 5.40. The SMILES string of the molecule is N#C/C(C(=O)Nc1ccccc1)=C(/O)c1nn(-c2ccccc2)c2c1ccc1ccccc12. The maximum atomic E-state index is 12.8. The van der Waals surface area contributed by atoms with E-state index in [9.17, 15) is 15.2 Å². The van der Waals surface area contributed by atoms with E-state index in [1.165, 1.54) is 0 Å². The van der Waals surface area contributed by atoms with E-state index in [0.29, 0.717) is 11.1 Å². The van der Waals surface area contributed by atoms with Crippen LogP contribution in [-0.4, -0.2) is 20.8 Å². The molecule has 6 heteroatoms. The van der Waals surface area contributed by atoms with Gasteiger partial charge in [-0.2, -0.15) is 10.4 Å². The van der Waals surface area contributed by atoms with Gasteiger partial charge in [0.15, 0.2) is 11.3 Å². The van der Waals surface area contributed by atoms with E-state index < -0.39 is 17.2 Å². The van der Waals surface area contributed by atoms with E-state index in [2.05, 4.69) is 10.4 Å². The van der Waals surface area contributed by atoms with Gasteiger partial charge in [0, 0.05) is 16.5 Å². The predicted molar refractivity (Wildman–Crippen MR) is 129 cm³/mol. The van der Waals surface area contributed by atoms with Crippen LogP contribution >= 0.6 is 0 Å². The number of nitrogens with one attached hydrogen (secondary N) is 1. The Kier molecular flexibility index (Phi) is 5.06. The van der Waals surface area contributed by atoms with Gasteiger partial charge in [-0.25, -0.2) is 4.68 Å². The zero-order chi connectivity index (χ0) is 22.8. The van der Waals surface area contributed by atoms with Crippen LogP contribution in [0.15, 0.2) is 103 Å². The van der Waals surface area contributed by atoms with Crippen LogP contribution in [0.5, 0.6) is 0 Å². The van der Waals surface area contributed by atoms with Crippen molar-refractivity contribution in [1.82, 2.24) is 9.78 Å². The van der Waals surface area contributed by atoms with Crippen molar-refractivity contribution in [1.29, 1.82) is 5.26 Å². The summed E-state index contributed by atoms with van der Waals surface area (Å²) in [5.41, 5.74) is 1.85. The topological polar surface area (TPSA) is 90.9 Å². The average Bonchev–Trinajstić information content (AvgIpc) is 3.26. The number of hydrogen-bond acceptors (Lipinski definition) is 4. The van der Waals surface area contributed by atoms with Crippen molar-refractivity contribution in [2.24, 2.45) is 0 Å². The summed E-state index contributed by atoms with van der Waals surface area (Å²) >= 11 is 0. The summed E-state index contributed by atoms with van der Waals surface area (Å²) in [4.78, 5) is 12.8. The minimum Gasteiger partial charge on any atom is -0.504 e. The van der Waals surface area contributed by atoms with Gasteiger partial charge in [-0.05, 0) is 35.7 Å². The Hall–Kier alpha value is -4.89. The first-order chi connectivity index (χ1) is 16.2. The molecule has 0 radical (unpaired) electrons. The van der Waals surface area contributed by atoms with E-state index in [1.54, 1.807) is 28.9 Å². The van der Waals surface area contributed by atoms with Gasteiger partial charge >= 0.3 is 0 Å². The molecule has 1 aromatic heterocycles. The lowest BCUT2D eigenvalue weighted by Crippen LogP contribution is -2.15. The van der Waals surface area contributed by atoms with Crippen LogP contribution in [0.2, 0.25) is 0 Å². The molecular formula is C27H18N4O2. The normalized spacial score (nSPS) is 11.7. The van der Waals surface area contributed by atoms with Gasteiger partial charge in [-0.1, -0.05) is 66.7 Å². The molecule has 0 aliphatic heterocycles. The maximum absolute atomic E-state index is 12.8. The number of nitrogens with zero attached hydrogens (tertiary/aromatic N) is 3. The Balaban J connectivity index is 1.73. The number of rotatable bonds is 4. The number of benzene rings is 4. The second-order valence-electron chi connectivity index (χ2n) is 7.43. The van der Waals surface area contributed by atoms with Gasteiger partial charge < -0.3 is 10.4 Å². The Bertz CT molecular complexity index is 1560. The molecule has 5 aromatic rings. The minimum absolute atomic E-state index is 0.166. The van der Waals surface area contributed by atoms with Gasteiger partial charge in [0.25, 0.3) is 5.91 Å². The Morgan fingerprint density at radius 1 is 0.848 bits per heavy atom. The highest BCUT2D eigenvalue weighted by atomic mass is 16.3. The quantitative estimate of drug-likeness (QED) is 0.220. The molecular weight excluding hydrogens is 412 g/mol. The summed E-state index contributed by atoms with van der Waals surface area (Å²) < 4.78 is 1.73. The smallest absolute Gasteiger partial charge is 0.270 e. The molecule has 33 heavy (non-hydrogen) atoms. The van der Waals surface area contributed by atoms with E-state index in [0.717, 1.165) is 22.0 Å². The predicted octanol–water partition coefficient (Wildman–Crippen LogP) is 5.61. The molecule has 0 saturated heterocycles. The summed E-state index contributed by atoms with van der Waals surface area (Å²) in [6, 6.07) is 31.8. The summed E-state index contributed by atoms with van der Waals surface area (Å²) in [5.74, 6) is -1.18. The van der Waals surface area contributed by atoms with Crippen molar-refractivity contribution in [2.45, 2.75) is 0 Å². The molecule has 1 amide bonds. The molecule has 158 valence electrons. The summed E-state index contributed by atoms with van der Waals surface area (Å²) in [6.45, 7) is 0. The number of aliphatic hydroxyl groups is 1. The van der Waals surface area contributed by atoms with Gasteiger partial charge in [0.05, 0.1) is 11.2 Å². The lowest BCUT2D eigenvalue weighted by molar-refractivity contribution is -0.112. The van der Waals surface area contributed by atoms with Crippen LogP contribution in [0, 0.1) is 11.3 Å². The van der Waals surface area contributed by atoms with E-state index >= 15 is 0 Å². The molecule has 0 spiro atoms. The van der Waals surface area contributed by atoms with E-state index in [-0.39, 0.29) is 5.69 Å². The number of nitriles is 1. The van der Waals surface area contributed by atoms with E-state index in [1.807, 2.05) is 78.9 Å². The highest BCUT2D eigenvalue weighted by molar-refractivity contribution is 6.14. The van der Waals surface area contributed by atoms with Crippen molar-refractivity contribution in [3.8, 4) is 11.8 Å². The van der Waals surface area contributed by atoms with Crippen LogP contribution in [-0.2, 0) is 4.79 Å². The molecule has 0 unspecified atom stereocenters. The first-order valence-corrected chi connectivity index (χ1v) is 10.3. The van der Waals surface area contributed by atoms with Crippen molar-refractivity contribution in [3.05, 3.63) is 108 Å². The third-order valence-corrected chi connectivity index (χ3v) is 5.40. The molecule has 4 aromatic carbocycles. The summed E-state index contributed by atoms with van der Waals surface area (Å²) in [5, 5.41) is 30.7. The average molecular weight is 430 g/mol. The van der Waals surface area contributed by atoms with E-state index in [4.69, 9.17) is 0 Å². The van der Waals surface area contributed by atoms with Crippen molar-refractivity contribution in [2.75, 3.05) is 5.32 Å². The number of para-hydroxylation sites is 2. The zero-order valence-electron chi connectivity index (χ0n) is 17.4. The summed E-state index contributed by atoms with van der Waals surface area (Å²) in [6.07, 6.45) is 0. The van der Waals surface area contributed by atoms with Gasteiger partial charge in [-0.15, -0.1) is 0 Å². The molecule has 0 saturated carbocycles. The fraction of sp³-hybridized carbons (Fsp3) is 0. The van der Waals surface area contributed by atoms with Crippen LogP contribution in [0.3, 0.4) is 0 Å². The zero-order valence-corrected chi connectivity index (χ0v) is 17.4. The fourth-order valence-electron chi connectivity index (χ4n) is 3.85. The molecule has 1 heterocycles. The minimum atomic E-state index is -0.704. The second kappa shape index (κ2) is 8.33. The van der Waals surface area contributed by atoms with Gasteiger partial charge in [0.2, 0.25) is 0 Å². The number of amides is 1. The highest BCUT2D eigenvalue weighted by Crippen LogP contribution is 2.33. The number of hydrogen-bond donors (Lipinski definition) is 2. The van der Waals surface area contributed by atoms with Crippen LogP contribution in [0.1, 0.15) is 5.69 Å². The first kappa shape index (κ1) is 20.0. The van der Waals surface area contributed by atoms with Crippen molar-refractivity contribution in [3.63, 3.8) is 0 Å². The van der Waals surface area contributed by atoms with Gasteiger partial charge in [-0.3, -0.25) is 4.79 Å². The molecule has 0 aliphatic carbocycles. The first-order valence-electron chi connectivity index (χ1n) is 10.3. The number of carbonyl (C=O) groups is 1. The lowest BCUT2D eigenvalue weighted by Gasteiger charge is -2.06. The molecule has 0 bridgehead atoms. The van der Waals surface area contributed by atoms with Crippen LogP contribution in [0.25, 0.3) is 33.1 Å². The Morgan fingerprint density at radius 2 is 1.52 bits per heavy atom. The molecule has 6 nitrogen and oxygen atoms in total. The molecule has 0 fully saturated rings. The Morgan fingerprint density at radius 3 is 2.24 bits per heavy atom. The third kappa shape index (κ3) is 3.58. The largest absolute Gasteiger partial charge is 0.504 e. The number of aliphatic hydroxyl groups excluding tert-OH is 1. The lowest BCUT2D eigenvalue weighted by atomic mass is 10.0. The molecule has 0 aliphatic rings. The summed E-state index contributed by atoms with van der Waals surface area (Å²) in [7, 11) is 0. The number of aromatic nitrogens is 2. The van der Waals surface area contributed by atoms with Crippen LogP contribution < -0.4 is 5.32 Å². The molecule has 0 atom stereocenters. The Labute approximate surface area is 189 Å². The van der Waals surface area contributed by atoms with Crippen LogP contribution in [0.4, 0.5) is 5.69 Å². The van der Waals surface area contributed by atoms with Crippen molar-refractivity contribution < 1.29 is 9.90 Å². The highest BCUT2D eigenvalue weighted by Gasteiger charge is 2.23. The second-order valence-corrected chi connectivity index (χ2v) is 7.43. The molecule has 5 rings (SSSR count). The number of fused-ring (bicyclic) bond motifs is 3. The monoisotopic (exact) mass is 430 g/mol. The number of carbonyl (C=O) groups excluding carboxylic acids is 1. The maximum Gasteiger partial charge on any atom is 0.270 e.